The van der Waals surface area contributed by atoms with Gasteiger partial charge in [0.1, 0.15) is 5.69 Å². The molecule has 3 N–H and O–H groups in total. The van der Waals surface area contributed by atoms with Gasteiger partial charge in [0.15, 0.2) is 11.7 Å². The largest absolute Gasteiger partial charge is 0.409 e. The zero-order chi connectivity index (χ0) is 16.6. The number of aryl methyl sites for hydroxylation is 3. The molecule has 3 rings (SSSR count). The molecule has 0 unspecified atom stereocenters. The standard InChI is InChI=1S/C17H19N5O/c1-4-11-8-12(16(18)21-23)9-19-15(11)17-20-13-7-10(2)5-6-14(13)22(17)3/h5-9,23H,4H2,1-3H3,(H2,18,21). The SMILES string of the molecule is CCc1cc(/C(N)=N/O)cnc1-c1nc2cc(C)ccc2n1C. The van der Waals surface area contributed by atoms with Gasteiger partial charge < -0.3 is 15.5 Å². The van der Waals surface area contributed by atoms with Crippen LogP contribution in [-0.4, -0.2) is 25.6 Å². The number of nitrogens with zero attached hydrogens (tertiary/aromatic N) is 4. The highest BCUT2D eigenvalue weighted by Gasteiger charge is 2.15. The van der Waals surface area contributed by atoms with Crippen LogP contribution in [0.25, 0.3) is 22.6 Å². The van der Waals surface area contributed by atoms with Crippen LogP contribution in [0.15, 0.2) is 35.6 Å². The first kappa shape index (κ1) is 15.0. The van der Waals surface area contributed by atoms with E-state index in [9.17, 15) is 0 Å². The molecule has 3 aromatic rings. The van der Waals surface area contributed by atoms with Gasteiger partial charge in [-0.15, -0.1) is 0 Å². The van der Waals surface area contributed by atoms with Gasteiger partial charge >= 0.3 is 0 Å². The summed E-state index contributed by atoms with van der Waals surface area (Å²) in [6.45, 7) is 4.10. The maximum Gasteiger partial charge on any atom is 0.171 e. The minimum absolute atomic E-state index is 0.0550. The number of fused-ring (bicyclic) bond motifs is 1. The fourth-order valence-corrected chi connectivity index (χ4v) is 2.70. The van der Waals surface area contributed by atoms with Crippen LogP contribution in [0.1, 0.15) is 23.6 Å². The molecule has 0 radical (unpaired) electrons. The van der Waals surface area contributed by atoms with Gasteiger partial charge in [0.05, 0.1) is 11.0 Å². The van der Waals surface area contributed by atoms with Crippen LogP contribution < -0.4 is 5.73 Å². The lowest BCUT2D eigenvalue weighted by molar-refractivity contribution is 0.318. The van der Waals surface area contributed by atoms with E-state index in [1.54, 1.807) is 6.20 Å². The zero-order valence-electron chi connectivity index (χ0n) is 13.4. The predicted molar refractivity (Wildman–Crippen MR) is 90.6 cm³/mol. The summed E-state index contributed by atoms with van der Waals surface area (Å²) in [6.07, 6.45) is 2.38. The van der Waals surface area contributed by atoms with Gasteiger partial charge in [-0.2, -0.15) is 0 Å². The average molecular weight is 309 g/mol. The van der Waals surface area contributed by atoms with Gasteiger partial charge in [0, 0.05) is 18.8 Å². The number of imidazole rings is 1. The number of pyridine rings is 1. The number of benzene rings is 1. The molecule has 118 valence electrons. The summed E-state index contributed by atoms with van der Waals surface area (Å²) < 4.78 is 2.04. The molecule has 0 atom stereocenters. The van der Waals surface area contributed by atoms with Crippen molar-refractivity contribution in [3.05, 3.63) is 47.2 Å². The molecule has 6 nitrogen and oxygen atoms in total. The highest BCUT2D eigenvalue weighted by Crippen LogP contribution is 2.26. The van der Waals surface area contributed by atoms with E-state index in [4.69, 9.17) is 15.9 Å². The van der Waals surface area contributed by atoms with E-state index in [1.165, 1.54) is 5.56 Å². The number of nitrogens with two attached hydrogens (primary N) is 1. The molecule has 0 aliphatic carbocycles. The quantitative estimate of drug-likeness (QED) is 0.337. The van der Waals surface area contributed by atoms with Crippen molar-refractivity contribution < 1.29 is 5.21 Å². The first-order valence-electron chi connectivity index (χ1n) is 7.45. The van der Waals surface area contributed by atoms with E-state index in [0.717, 1.165) is 34.5 Å². The third-order valence-corrected chi connectivity index (χ3v) is 4.00. The van der Waals surface area contributed by atoms with Crippen LogP contribution in [0.4, 0.5) is 0 Å². The molecule has 0 spiro atoms. The van der Waals surface area contributed by atoms with Gasteiger partial charge in [-0.05, 0) is 42.7 Å². The molecule has 2 heterocycles. The molecular weight excluding hydrogens is 290 g/mol. The van der Waals surface area contributed by atoms with Crippen LogP contribution in [0.3, 0.4) is 0 Å². The highest BCUT2D eigenvalue weighted by atomic mass is 16.4. The number of amidine groups is 1. The Bertz CT molecular complexity index is 911. The second-order valence-electron chi connectivity index (χ2n) is 5.56. The number of oxime groups is 1. The first-order chi connectivity index (χ1) is 11.0. The Balaban J connectivity index is 2.20. The van der Waals surface area contributed by atoms with E-state index in [2.05, 4.69) is 35.3 Å². The van der Waals surface area contributed by atoms with E-state index in [0.29, 0.717) is 5.56 Å². The Kier molecular flexibility index (Phi) is 3.73. The summed E-state index contributed by atoms with van der Waals surface area (Å²) in [7, 11) is 1.98. The smallest absolute Gasteiger partial charge is 0.171 e. The van der Waals surface area contributed by atoms with Crippen molar-refractivity contribution in [1.29, 1.82) is 0 Å². The Morgan fingerprint density at radius 2 is 2.13 bits per heavy atom. The van der Waals surface area contributed by atoms with E-state index < -0.39 is 0 Å². The number of hydrogen-bond donors (Lipinski definition) is 2. The normalized spacial score (nSPS) is 12.0. The molecule has 0 aliphatic heterocycles. The lowest BCUT2D eigenvalue weighted by atomic mass is 10.1. The van der Waals surface area contributed by atoms with E-state index >= 15 is 0 Å². The summed E-state index contributed by atoms with van der Waals surface area (Å²) in [5.74, 6) is 0.868. The van der Waals surface area contributed by atoms with Crippen molar-refractivity contribution in [1.82, 2.24) is 14.5 Å². The third-order valence-electron chi connectivity index (χ3n) is 4.00. The molecule has 0 amide bonds. The molecular formula is C17H19N5O. The zero-order valence-corrected chi connectivity index (χ0v) is 13.4. The van der Waals surface area contributed by atoms with Gasteiger partial charge in [-0.25, -0.2) is 4.98 Å². The maximum atomic E-state index is 8.82. The van der Waals surface area contributed by atoms with Crippen molar-refractivity contribution in [2.24, 2.45) is 17.9 Å². The van der Waals surface area contributed by atoms with E-state index in [-0.39, 0.29) is 5.84 Å². The molecule has 2 aromatic heterocycles. The monoisotopic (exact) mass is 309 g/mol. The van der Waals surface area contributed by atoms with Crippen molar-refractivity contribution in [2.75, 3.05) is 0 Å². The lowest BCUT2D eigenvalue weighted by Gasteiger charge is -2.09. The predicted octanol–water partition coefficient (Wildman–Crippen LogP) is 2.60. The fraction of sp³-hybridized carbons (Fsp3) is 0.235. The van der Waals surface area contributed by atoms with Crippen LogP contribution in [-0.2, 0) is 13.5 Å². The Hall–Kier alpha value is -2.89. The van der Waals surface area contributed by atoms with Gasteiger partial charge in [0.2, 0.25) is 0 Å². The van der Waals surface area contributed by atoms with Crippen molar-refractivity contribution in [2.45, 2.75) is 20.3 Å². The molecule has 6 heteroatoms. The Morgan fingerprint density at radius 1 is 1.35 bits per heavy atom. The van der Waals surface area contributed by atoms with Crippen LogP contribution >= 0.6 is 0 Å². The first-order valence-corrected chi connectivity index (χ1v) is 7.45. The van der Waals surface area contributed by atoms with Crippen LogP contribution in [0.2, 0.25) is 0 Å². The molecule has 1 aromatic carbocycles. The molecule has 0 saturated heterocycles. The number of hydrogen-bond acceptors (Lipinski definition) is 4. The number of aromatic nitrogens is 3. The minimum Gasteiger partial charge on any atom is -0.409 e. The van der Waals surface area contributed by atoms with Crippen LogP contribution in [0.5, 0.6) is 0 Å². The van der Waals surface area contributed by atoms with Gasteiger partial charge in [0.25, 0.3) is 0 Å². The lowest BCUT2D eigenvalue weighted by Crippen LogP contribution is -2.14. The second-order valence-corrected chi connectivity index (χ2v) is 5.56. The maximum absolute atomic E-state index is 8.82. The minimum atomic E-state index is 0.0550. The van der Waals surface area contributed by atoms with E-state index in [1.807, 2.05) is 24.6 Å². The summed E-state index contributed by atoms with van der Waals surface area (Å²) in [6, 6.07) is 8.10. The molecule has 0 saturated carbocycles. The topological polar surface area (TPSA) is 89.3 Å². The number of rotatable bonds is 3. The second kappa shape index (κ2) is 5.72. The van der Waals surface area contributed by atoms with Crippen molar-refractivity contribution in [3.8, 4) is 11.5 Å². The Labute approximate surface area is 134 Å². The Morgan fingerprint density at radius 3 is 2.83 bits per heavy atom. The fourth-order valence-electron chi connectivity index (χ4n) is 2.70. The summed E-state index contributed by atoms with van der Waals surface area (Å²) in [5.41, 5.74) is 11.3. The van der Waals surface area contributed by atoms with Crippen LogP contribution in [0, 0.1) is 6.92 Å². The molecule has 23 heavy (non-hydrogen) atoms. The summed E-state index contributed by atoms with van der Waals surface area (Å²) >= 11 is 0. The molecule has 0 fully saturated rings. The third kappa shape index (κ3) is 2.52. The van der Waals surface area contributed by atoms with Crippen molar-refractivity contribution >= 4 is 16.9 Å². The van der Waals surface area contributed by atoms with Crippen molar-refractivity contribution in [3.63, 3.8) is 0 Å². The summed E-state index contributed by atoms with van der Waals surface area (Å²) in [5, 5.41) is 11.9. The van der Waals surface area contributed by atoms with Gasteiger partial charge in [-0.1, -0.05) is 18.1 Å². The highest BCUT2D eigenvalue weighted by molar-refractivity contribution is 5.97. The molecule has 0 bridgehead atoms. The average Bonchev–Trinajstić information content (AvgIpc) is 2.89. The molecule has 0 aliphatic rings. The summed E-state index contributed by atoms with van der Waals surface area (Å²) in [4.78, 5) is 9.25. The van der Waals surface area contributed by atoms with Gasteiger partial charge in [-0.3, -0.25) is 4.98 Å².